The van der Waals surface area contributed by atoms with Crippen LogP contribution < -0.4 is 5.32 Å². The van der Waals surface area contributed by atoms with Crippen LogP contribution in [0.2, 0.25) is 0 Å². The number of rotatable bonds is 2. The molecule has 0 fully saturated rings. The summed E-state index contributed by atoms with van der Waals surface area (Å²) in [5, 5.41) is 3.35. The Labute approximate surface area is 51.3 Å². The van der Waals surface area contributed by atoms with Crippen LogP contribution in [0.1, 0.15) is 0 Å². The number of amidine groups is 1. The molecule has 1 heterocycles. The second kappa shape index (κ2) is 2.57. The average molecular weight is 130 g/mol. The van der Waals surface area contributed by atoms with Crippen molar-refractivity contribution < 1.29 is 8.78 Å². The van der Waals surface area contributed by atoms with E-state index < -0.39 is 13.3 Å². The van der Waals surface area contributed by atoms with Crippen molar-refractivity contribution in [3.05, 3.63) is 11.9 Å². The predicted octanol–water partition coefficient (Wildman–Crippen LogP) is 0.586. The summed E-state index contributed by atoms with van der Waals surface area (Å²) >= 11 is 0. The first-order valence-corrected chi connectivity index (χ1v) is 2.39. The van der Waals surface area contributed by atoms with Crippen molar-refractivity contribution in [1.82, 2.24) is 5.32 Å². The van der Waals surface area contributed by atoms with E-state index in [0.29, 0.717) is 0 Å². The van der Waals surface area contributed by atoms with Gasteiger partial charge in [0.2, 0.25) is 0 Å². The first kappa shape index (κ1) is 6.19. The highest BCUT2D eigenvalue weighted by atomic mass is 19.1. The van der Waals surface area contributed by atoms with Gasteiger partial charge in [0.05, 0.1) is 0 Å². The van der Waals surface area contributed by atoms with Crippen molar-refractivity contribution in [3.8, 4) is 0 Å². The Kier molecular flexibility index (Phi) is 1.77. The van der Waals surface area contributed by atoms with Gasteiger partial charge in [-0.1, -0.05) is 0 Å². The van der Waals surface area contributed by atoms with Crippen molar-refractivity contribution in [1.29, 1.82) is 0 Å². The van der Waals surface area contributed by atoms with Gasteiger partial charge in [-0.05, 0) is 0 Å². The van der Waals surface area contributed by atoms with Gasteiger partial charge in [0.25, 0.3) is 0 Å². The van der Waals surface area contributed by atoms with Crippen molar-refractivity contribution >= 4 is 5.84 Å². The van der Waals surface area contributed by atoms with Gasteiger partial charge in [-0.2, -0.15) is 0 Å². The van der Waals surface area contributed by atoms with E-state index in [1.807, 2.05) is 0 Å². The van der Waals surface area contributed by atoms with Gasteiger partial charge in [-0.15, -0.1) is 0 Å². The molecule has 1 aliphatic heterocycles. The predicted molar refractivity (Wildman–Crippen MR) is 28.3 cm³/mol. The Morgan fingerprint density at radius 3 is 2.44 bits per heavy atom. The number of hydrogen-bond donors (Lipinski definition) is 0. The fraction of sp³-hybridized carbons (Fsp3) is 0.400. The summed E-state index contributed by atoms with van der Waals surface area (Å²) in [4.78, 5) is 3.43. The molecule has 4 heteroatoms. The van der Waals surface area contributed by atoms with Crippen LogP contribution in [-0.4, -0.2) is 19.2 Å². The van der Waals surface area contributed by atoms with Crippen molar-refractivity contribution in [2.45, 2.75) is 0 Å². The zero-order valence-corrected chi connectivity index (χ0v) is 4.56. The molecule has 2 nitrogen and oxygen atoms in total. The van der Waals surface area contributed by atoms with E-state index in [1.54, 1.807) is 0 Å². The van der Waals surface area contributed by atoms with Crippen molar-refractivity contribution in [2.75, 3.05) is 13.3 Å². The molecule has 0 aliphatic carbocycles. The van der Waals surface area contributed by atoms with E-state index in [2.05, 4.69) is 16.5 Å². The van der Waals surface area contributed by atoms with Crippen LogP contribution >= 0.6 is 0 Å². The van der Waals surface area contributed by atoms with Crippen LogP contribution in [0.3, 0.4) is 0 Å². The maximum atomic E-state index is 11.6. The molecule has 1 aliphatic rings. The summed E-state index contributed by atoms with van der Waals surface area (Å²) in [5.41, 5.74) is 0.0719. The molecule has 1 rings (SSSR count). The molecule has 9 heavy (non-hydrogen) atoms. The van der Waals surface area contributed by atoms with E-state index in [0.717, 1.165) is 0 Å². The molecular weight excluding hydrogens is 126 g/mol. The third kappa shape index (κ3) is 1.25. The zero-order chi connectivity index (χ0) is 6.69. The lowest BCUT2D eigenvalue weighted by molar-refractivity contribution is 0.539. The van der Waals surface area contributed by atoms with Crippen molar-refractivity contribution in [3.63, 3.8) is 0 Å². The van der Waals surface area contributed by atoms with E-state index in [-0.39, 0.29) is 11.5 Å². The van der Waals surface area contributed by atoms with Gasteiger partial charge in [-0.25, -0.2) is 19.1 Å². The summed E-state index contributed by atoms with van der Waals surface area (Å²) in [6.45, 7) is -1.48. The summed E-state index contributed by atoms with van der Waals surface area (Å²) in [7, 11) is 0. The minimum Gasteiger partial charge on any atom is -0.244 e. The van der Waals surface area contributed by atoms with Gasteiger partial charge in [-0.3, -0.25) is 0 Å². The quantitative estimate of drug-likeness (QED) is 0.523. The number of allylic oxidation sites excluding steroid dienone is 1. The Bertz CT molecular complexity index is 162. The molecule has 0 spiro atoms. The molecule has 0 atom stereocenters. The van der Waals surface area contributed by atoms with Gasteiger partial charge in [0.15, 0.2) is 5.84 Å². The van der Waals surface area contributed by atoms with Crippen LogP contribution in [-0.2, 0) is 0 Å². The topological polar surface area (TPSA) is 26.5 Å². The summed E-state index contributed by atoms with van der Waals surface area (Å²) in [6.07, 6.45) is 2.23. The number of hydrogen-bond acceptors (Lipinski definition) is 1. The SMILES string of the molecule is FCC1=[C][N]C(CF)=N1. The number of alkyl halides is 2. The fourth-order valence-corrected chi connectivity index (χ4v) is 0.454. The third-order valence-corrected chi connectivity index (χ3v) is 0.824. The lowest BCUT2D eigenvalue weighted by atomic mass is 10.5. The molecule has 0 bridgehead atoms. The van der Waals surface area contributed by atoms with Gasteiger partial charge in [0.1, 0.15) is 25.2 Å². The summed E-state index contributed by atoms with van der Waals surface area (Å²) < 4.78 is 23.2. The van der Waals surface area contributed by atoms with E-state index >= 15 is 0 Å². The molecule has 48 valence electrons. The largest absolute Gasteiger partial charge is 0.244 e. The molecule has 2 radical (unpaired) electrons. The van der Waals surface area contributed by atoms with Gasteiger partial charge in [0, 0.05) is 0 Å². The minimum absolute atomic E-state index is 0.00245. The summed E-state index contributed by atoms with van der Waals surface area (Å²) in [6, 6.07) is 0. The van der Waals surface area contributed by atoms with E-state index in [9.17, 15) is 8.78 Å². The Hall–Kier alpha value is -0.930. The third-order valence-electron chi connectivity index (χ3n) is 0.824. The highest BCUT2D eigenvalue weighted by Gasteiger charge is 2.08. The summed E-state index contributed by atoms with van der Waals surface area (Å²) in [5.74, 6) is 0.00245. The normalized spacial score (nSPS) is 16.7. The lowest BCUT2D eigenvalue weighted by Crippen LogP contribution is -2.07. The maximum absolute atomic E-state index is 11.6. The number of halogens is 2. The molecule has 0 amide bonds. The Morgan fingerprint density at radius 1 is 1.33 bits per heavy atom. The van der Waals surface area contributed by atoms with Crippen LogP contribution in [0, 0.1) is 6.20 Å². The second-order valence-electron chi connectivity index (χ2n) is 1.47. The Morgan fingerprint density at radius 2 is 2.11 bits per heavy atom. The number of nitrogens with zero attached hydrogens (tertiary/aromatic N) is 2. The van der Waals surface area contributed by atoms with Gasteiger partial charge >= 0.3 is 0 Å². The van der Waals surface area contributed by atoms with Crippen molar-refractivity contribution in [2.24, 2.45) is 4.99 Å². The smallest absolute Gasteiger partial charge is 0.160 e. The first-order chi connectivity index (χ1) is 4.36. The molecular formula is C5H4F2N2. The molecule has 0 aromatic carbocycles. The zero-order valence-electron chi connectivity index (χ0n) is 4.56. The van der Waals surface area contributed by atoms with E-state index in [1.165, 1.54) is 0 Å². The fourth-order valence-electron chi connectivity index (χ4n) is 0.454. The molecule has 0 N–H and O–H groups in total. The maximum Gasteiger partial charge on any atom is 0.160 e. The molecule has 0 aromatic rings. The standard InChI is InChI=1S/C5H4F2N2/c6-1-4-3-8-5(2-7)9-4/h1-2H2. The molecule has 0 unspecified atom stereocenters. The monoisotopic (exact) mass is 130 g/mol. The molecule has 0 saturated heterocycles. The van der Waals surface area contributed by atoms with Crippen LogP contribution in [0.4, 0.5) is 8.78 Å². The first-order valence-electron chi connectivity index (χ1n) is 2.39. The van der Waals surface area contributed by atoms with Crippen LogP contribution in [0.5, 0.6) is 0 Å². The minimum atomic E-state index is -0.753. The number of aliphatic imine (C=N–C) groups is 1. The van der Waals surface area contributed by atoms with E-state index in [4.69, 9.17) is 0 Å². The Balaban J connectivity index is 2.52. The highest BCUT2D eigenvalue weighted by molar-refractivity contribution is 5.86. The van der Waals surface area contributed by atoms with Crippen LogP contribution in [0.15, 0.2) is 10.7 Å². The van der Waals surface area contributed by atoms with Crippen LogP contribution in [0.25, 0.3) is 0 Å². The lowest BCUT2D eigenvalue weighted by Gasteiger charge is -1.84. The highest BCUT2D eigenvalue weighted by Crippen LogP contribution is 2.02. The molecule has 0 aromatic heterocycles. The molecule has 0 saturated carbocycles. The van der Waals surface area contributed by atoms with Gasteiger partial charge < -0.3 is 0 Å². The second-order valence-corrected chi connectivity index (χ2v) is 1.47. The average Bonchev–Trinajstić information content (AvgIpc) is 2.34.